The van der Waals surface area contributed by atoms with Crippen LogP contribution in [0.25, 0.3) is 0 Å². The highest BCUT2D eigenvalue weighted by Gasteiger charge is 2.43. The van der Waals surface area contributed by atoms with Crippen molar-refractivity contribution in [3.63, 3.8) is 0 Å². The quantitative estimate of drug-likeness (QED) is 0.766. The van der Waals surface area contributed by atoms with E-state index in [1.807, 2.05) is 0 Å². The van der Waals surface area contributed by atoms with Crippen LogP contribution in [-0.2, 0) is 0 Å². The van der Waals surface area contributed by atoms with Crippen LogP contribution >= 0.6 is 0 Å². The number of hydrogen-bond donors (Lipinski definition) is 1. The molecule has 0 aromatic heterocycles. The zero-order valence-corrected chi connectivity index (χ0v) is 8.56. The second kappa shape index (κ2) is 3.70. The van der Waals surface area contributed by atoms with Crippen molar-refractivity contribution in [3.8, 4) is 0 Å². The lowest BCUT2D eigenvalue weighted by molar-refractivity contribution is -0.158. The largest absolute Gasteiger partial charge is 0.401 e. The van der Waals surface area contributed by atoms with Crippen LogP contribution in [-0.4, -0.2) is 35.7 Å². The molecule has 14 heavy (non-hydrogen) atoms. The number of rotatable bonds is 4. The van der Waals surface area contributed by atoms with E-state index in [2.05, 4.69) is 0 Å². The molecule has 1 aliphatic rings. The SMILES string of the molecule is CC(C)(CN)N(CC(F)(F)F)C1CC1. The minimum absolute atomic E-state index is 0.0789. The van der Waals surface area contributed by atoms with Crippen molar-refractivity contribution in [3.05, 3.63) is 0 Å². The average Bonchev–Trinajstić information content (AvgIpc) is 2.81. The van der Waals surface area contributed by atoms with Crippen LogP contribution in [0.3, 0.4) is 0 Å². The van der Waals surface area contributed by atoms with Crippen LogP contribution in [0.2, 0.25) is 0 Å². The molecular formula is C9H17F3N2. The summed E-state index contributed by atoms with van der Waals surface area (Å²) < 4.78 is 36.8. The molecule has 0 aliphatic heterocycles. The molecule has 0 unspecified atom stereocenters. The average molecular weight is 210 g/mol. The van der Waals surface area contributed by atoms with E-state index in [1.54, 1.807) is 13.8 Å². The highest BCUT2D eigenvalue weighted by molar-refractivity contribution is 4.95. The summed E-state index contributed by atoms with van der Waals surface area (Å²) in [5.74, 6) is 0. The molecule has 0 aromatic rings. The number of halogens is 3. The van der Waals surface area contributed by atoms with E-state index in [1.165, 1.54) is 4.90 Å². The van der Waals surface area contributed by atoms with E-state index in [-0.39, 0.29) is 12.6 Å². The zero-order valence-electron chi connectivity index (χ0n) is 8.56. The molecule has 0 radical (unpaired) electrons. The molecule has 1 rings (SSSR count). The summed E-state index contributed by atoms with van der Waals surface area (Å²) in [6.45, 7) is 2.93. The molecular weight excluding hydrogens is 193 g/mol. The Morgan fingerprint density at radius 3 is 2.07 bits per heavy atom. The monoisotopic (exact) mass is 210 g/mol. The summed E-state index contributed by atoms with van der Waals surface area (Å²) in [4.78, 5) is 1.48. The van der Waals surface area contributed by atoms with Crippen LogP contribution in [0.5, 0.6) is 0 Å². The summed E-state index contributed by atoms with van der Waals surface area (Å²) in [5, 5.41) is 0. The van der Waals surface area contributed by atoms with Gasteiger partial charge in [-0.2, -0.15) is 13.2 Å². The molecule has 0 saturated heterocycles. The zero-order chi connectivity index (χ0) is 11.0. The third kappa shape index (κ3) is 3.13. The van der Waals surface area contributed by atoms with Gasteiger partial charge in [-0.15, -0.1) is 0 Å². The summed E-state index contributed by atoms with van der Waals surface area (Å²) in [6.07, 6.45) is -2.41. The van der Waals surface area contributed by atoms with Gasteiger partial charge in [0.05, 0.1) is 6.54 Å². The highest BCUT2D eigenvalue weighted by Crippen LogP contribution is 2.35. The van der Waals surface area contributed by atoms with Gasteiger partial charge >= 0.3 is 6.18 Å². The van der Waals surface area contributed by atoms with E-state index in [0.29, 0.717) is 0 Å². The molecule has 0 aromatic carbocycles. The molecule has 0 spiro atoms. The minimum atomic E-state index is -4.13. The third-order valence-corrected chi connectivity index (χ3v) is 2.61. The molecule has 2 N–H and O–H groups in total. The van der Waals surface area contributed by atoms with Crippen LogP contribution in [0.1, 0.15) is 26.7 Å². The second-order valence-electron chi connectivity index (χ2n) is 4.49. The molecule has 0 atom stereocenters. The van der Waals surface area contributed by atoms with E-state index >= 15 is 0 Å². The Hall–Kier alpha value is -0.290. The fourth-order valence-electron chi connectivity index (χ4n) is 1.53. The fourth-order valence-corrected chi connectivity index (χ4v) is 1.53. The maximum absolute atomic E-state index is 12.3. The van der Waals surface area contributed by atoms with Gasteiger partial charge < -0.3 is 5.73 Å². The van der Waals surface area contributed by atoms with Crippen LogP contribution in [0.4, 0.5) is 13.2 Å². The van der Waals surface area contributed by atoms with Crippen molar-refractivity contribution >= 4 is 0 Å². The Bertz CT molecular complexity index is 197. The van der Waals surface area contributed by atoms with Crippen molar-refractivity contribution in [1.82, 2.24) is 4.90 Å². The van der Waals surface area contributed by atoms with Gasteiger partial charge in [-0.3, -0.25) is 4.90 Å². The van der Waals surface area contributed by atoms with E-state index in [4.69, 9.17) is 5.73 Å². The topological polar surface area (TPSA) is 29.3 Å². The lowest BCUT2D eigenvalue weighted by Crippen LogP contribution is -2.53. The van der Waals surface area contributed by atoms with Crippen molar-refractivity contribution in [2.75, 3.05) is 13.1 Å². The lowest BCUT2D eigenvalue weighted by atomic mass is 10.0. The summed E-state index contributed by atoms with van der Waals surface area (Å²) in [6, 6.07) is 0.0789. The van der Waals surface area contributed by atoms with E-state index in [9.17, 15) is 13.2 Å². The highest BCUT2D eigenvalue weighted by atomic mass is 19.4. The normalized spacial score (nSPS) is 19.1. The summed E-state index contributed by atoms with van der Waals surface area (Å²) in [7, 11) is 0. The first-order valence-electron chi connectivity index (χ1n) is 4.80. The predicted molar refractivity (Wildman–Crippen MR) is 48.9 cm³/mol. The third-order valence-electron chi connectivity index (χ3n) is 2.61. The first kappa shape index (κ1) is 11.8. The molecule has 84 valence electrons. The van der Waals surface area contributed by atoms with Crippen molar-refractivity contribution < 1.29 is 13.2 Å². The molecule has 2 nitrogen and oxygen atoms in total. The van der Waals surface area contributed by atoms with E-state index < -0.39 is 18.3 Å². The van der Waals surface area contributed by atoms with Gasteiger partial charge in [0.25, 0.3) is 0 Å². The smallest absolute Gasteiger partial charge is 0.329 e. The van der Waals surface area contributed by atoms with Crippen molar-refractivity contribution in [1.29, 1.82) is 0 Å². The standard InChI is InChI=1S/C9H17F3N2/c1-8(2,5-13)14(7-3-4-7)6-9(10,11)12/h7H,3-6,13H2,1-2H3. The number of nitrogens with zero attached hydrogens (tertiary/aromatic N) is 1. The van der Waals surface area contributed by atoms with Gasteiger partial charge in [0.2, 0.25) is 0 Å². The van der Waals surface area contributed by atoms with Gasteiger partial charge in [-0.25, -0.2) is 0 Å². The first-order valence-corrected chi connectivity index (χ1v) is 4.80. The Morgan fingerprint density at radius 1 is 1.29 bits per heavy atom. The maximum atomic E-state index is 12.3. The Kier molecular flexibility index (Phi) is 3.11. The molecule has 5 heteroatoms. The molecule has 0 amide bonds. The molecule has 1 saturated carbocycles. The molecule has 0 bridgehead atoms. The Morgan fingerprint density at radius 2 is 1.79 bits per heavy atom. The van der Waals surface area contributed by atoms with Crippen LogP contribution < -0.4 is 5.73 Å². The fraction of sp³-hybridized carbons (Fsp3) is 1.00. The molecule has 1 aliphatic carbocycles. The summed E-state index contributed by atoms with van der Waals surface area (Å²) in [5.41, 5.74) is 4.92. The number of alkyl halides is 3. The Balaban J connectivity index is 2.64. The number of nitrogens with two attached hydrogens (primary N) is 1. The van der Waals surface area contributed by atoms with Gasteiger partial charge in [0, 0.05) is 18.1 Å². The first-order chi connectivity index (χ1) is 6.26. The van der Waals surface area contributed by atoms with Crippen LogP contribution in [0, 0.1) is 0 Å². The Labute approximate surface area is 82.2 Å². The van der Waals surface area contributed by atoms with Gasteiger partial charge in [0.15, 0.2) is 0 Å². The van der Waals surface area contributed by atoms with Crippen molar-refractivity contribution in [2.24, 2.45) is 5.73 Å². The van der Waals surface area contributed by atoms with Gasteiger partial charge in [0.1, 0.15) is 0 Å². The van der Waals surface area contributed by atoms with Crippen LogP contribution in [0.15, 0.2) is 0 Å². The minimum Gasteiger partial charge on any atom is -0.329 e. The van der Waals surface area contributed by atoms with E-state index in [0.717, 1.165) is 12.8 Å². The van der Waals surface area contributed by atoms with Gasteiger partial charge in [-0.1, -0.05) is 0 Å². The summed E-state index contributed by atoms with van der Waals surface area (Å²) >= 11 is 0. The second-order valence-corrected chi connectivity index (χ2v) is 4.49. The lowest BCUT2D eigenvalue weighted by Gasteiger charge is -2.38. The number of hydrogen-bond acceptors (Lipinski definition) is 2. The maximum Gasteiger partial charge on any atom is 0.401 e. The molecule has 0 heterocycles. The van der Waals surface area contributed by atoms with Gasteiger partial charge in [-0.05, 0) is 26.7 Å². The molecule has 1 fully saturated rings. The van der Waals surface area contributed by atoms with Crippen molar-refractivity contribution in [2.45, 2.75) is 44.4 Å². The predicted octanol–water partition coefficient (Wildman–Crippen LogP) is 1.75.